The Labute approximate surface area is 207 Å². The second kappa shape index (κ2) is 8.76. The van der Waals surface area contributed by atoms with Crippen LogP contribution in [-0.4, -0.2) is 46.8 Å². The van der Waals surface area contributed by atoms with E-state index in [1.54, 1.807) is 42.9 Å². The molecule has 2 aromatic heterocycles. The average molecular weight is 505 g/mol. The molecule has 0 aliphatic carbocycles. The minimum atomic E-state index is -3.64. The van der Waals surface area contributed by atoms with Gasteiger partial charge in [0.2, 0.25) is 0 Å². The van der Waals surface area contributed by atoms with Crippen LogP contribution in [0.25, 0.3) is 16.9 Å². The molecule has 3 N–H and O–H groups in total. The van der Waals surface area contributed by atoms with Gasteiger partial charge in [0, 0.05) is 11.8 Å². The number of pyridine rings is 1. The van der Waals surface area contributed by atoms with E-state index in [0.717, 1.165) is 11.0 Å². The van der Waals surface area contributed by atoms with Crippen LogP contribution < -0.4 is 15.8 Å². The minimum Gasteiger partial charge on any atom is -0.490 e. The van der Waals surface area contributed by atoms with Gasteiger partial charge in [-0.2, -0.15) is 0 Å². The van der Waals surface area contributed by atoms with E-state index in [4.69, 9.17) is 10.5 Å². The van der Waals surface area contributed by atoms with Crippen molar-refractivity contribution in [1.82, 2.24) is 19.9 Å². The van der Waals surface area contributed by atoms with Crippen LogP contribution in [0.3, 0.4) is 0 Å². The quantitative estimate of drug-likeness (QED) is 0.411. The number of hydrogen-bond acceptors (Lipinski definition) is 7. The smallest absolute Gasteiger partial charge is 0.259 e. The topological polar surface area (TPSA) is 142 Å². The zero-order chi connectivity index (χ0) is 25.5. The van der Waals surface area contributed by atoms with Crippen molar-refractivity contribution in [2.24, 2.45) is 10.1 Å². The molecular weight excluding hydrogens is 480 g/mol. The summed E-state index contributed by atoms with van der Waals surface area (Å²) in [4.78, 5) is 21.9. The lowest BCUT2D eigenvalue weighted by atomic mass is 10.0. The largest absolute Gasteiger partial charge is 0.490 e. The number of carbonyl (C=O) groups is 1. The van der Waals surface area contributed by atoms with Crippen molar-refractivity contribution in [1.29, 1.82) is 0 Å². The van der Waals surface area contributed by atoms with E-state index in [2.05, 4.69) is 19.7 Å². The number of nitrogens with two attached hydrogens (primary N) is 1. The lowest BCUT2D eigenvalue weighted by Gasteiger charge is -2.27. The number of aromatic nitrogens is 3. The van der Waals surface area contributed by atoms with Crippen LogP contribution in [0.1, 0.15) is 35.3 Å². The molecule has 5 rings (SSSR count). The Kier molecular flexibility index (Phi) is 5.71. The molecule has 0 spiro atoms. The van der Waals surface area contributed by atoms with Gasteiger partial charge in [0.15, 0.2) is 0 Å². The molecule has 11 heteroatoms. The van der Waals surface area contributed by atoms with Gasteiger partial charge < -0.3 is 15.8 Å². The van der Waals surface area contributed by atoms with Crippen molar-refractivity contribution in [3.05, 3.63) is 83.8 Å². The Hall–Kier alpha value is -4.25. The molecule has 0 saturated heterocycles. The van der Waals surface area contributed by atoms with E-state index in [1.807, 2.05) is 42.7 Å². The number of para-hydroxylation sites is 2. The van der Waals surface area contributed by atoms with Crippen molar-refractivity contribution in [2.45, 2.75) is 25.1 Å². The summed E-state index contributed by atoms with van der Waals surface area (Å²) in [6, 6.07) is 16.1. The van der Waals surface area contributed by atoms with Crippen molar-refractivity contribution < 1.29 is 17.9 Å². The van der Waals surface area contributed by atoms with Crippen LogP contribution >= 0.6 is 0 Å². The molecule has 36 heavy (non-hydrogen) atoms. The molecule has 0 saturated carbocycles. The van der Waals surface area contributed by atoms with Crippen LogP contribution in [-0.2, 0) is 15.8 Å². The Bertz CT molecular complexity index is 1620. The Balaban J connectivity index is 1.32. The number of nitrogens with one attached hydrogen (secondary N) is 1. The van der Waals surface area contributed by atoms with Crippen molar-refractivity contribution >= 4 is 32.8 Å². The number of nitrogens with zero attached hydrogens (tertiary/aromatic N) is 4. The van der Waals surface area contributed by atoms with Crippen LogP contribution in [0.15, 0.2) is 71.5 Å². The summed E-state index contributed by atoms with van der Waals surface area (Å²) in [6.07, 6.45) is 3.25. The summed E-state index contributed by atoms with van der Waals surface area (Å²) in [7, 11) is -3.64. The second-order valence-electron chi connectivity index (χ2n) is 9.13. The molecule has 0 atom stereocenters. The molecule has 1 amide bonds. The Morgan fingerprint density at radius 3 is 2.78 bits per heavy atom. The molecule has 10 nitrogen and oxygen atoms in total. The van der Waals surface area contributed by atoms with Crippen molar-refractivity contribution in [3.8, 4) is 11.6 Å². The molecule has 3 heterocycles. The number of ether oxygens (including phenoxy) is 1. The predicted molar refractivity (Wildman–Crippen MR) is 136 cm³/mol. The van der Waals surface area contributed by atoms with Crippen LogP contribution in [0.5, 0.6) is 5.75 Å². The van der Waals surface area contributed by atoms with Crippen LogP contribution in [0.2, 0.25) is 0 Å². The normalized spacial score (nSPS) is 14.7. The van der Waals surface area contributed by atoms with E-state index in [9.17, 15) is 13.2 Å². The van der Waals surface area contributed by atoms with Gasteiger partial charge >= 0.3 is 0 Å². The van der Waals surface area contributed by atoms with Gasteiger partial charge in [0.1, 0.15) is 30.3 Å². The first-order valence-corrected chi connectivity index (χ1v) is 12.8. The fourth-order valence-electron chi connectivity index (χ4n) is 4.04. The zero-order valence-corrected chi connectivity index (χ0v) is 20.5. The number of sulfonamides is 1. The fraction of sp³-hybridized carbons (Fsp3) is 0.200. The third-order valence-corrected chi connectivity index (χ3v) is 6.84. The standard InChI is InChI=1S/C25H24N6O4S/c1-25(2,14-35-20-9-5-6-17-13-36(33,34)30-23(26)22(17)20)29-24(32)16-10-11-27-21(12-16)31-15-28-18-7-3-4-8-19(18)31/h3-12,15H,13-14H2,1-2H3,(H2,26,30)(H,29,32). The second-order valence-corrected chi connectivity index (χ2v) is 10.8. The summed E-state index contributed by atoms with van der Waals surface area (Å²) in [6.45, 7) is 3.76. The average Bonchev–Trinajstić information content (AvgIpc) is 3.26. The number of imidazole rings is 1. The van der Waals surface area contributed by atoms with Crippen LogP contribution in [0.4, 0.5) is 0 Å². The van der Waals surface area contributed by atoms with Gasteiger partial charge in [-0.05, 0) is 49.7 Å². The van der Waals surface area contributed by atoms with E-state index >= 15 is 0 Å². The number of amides is 1. The SMILES string of the molecule is CC(C)(COc1cccc2c1C(N)=NS(=O)(=O)C2)NC(=O)c1ccnc(-n2cnc3ccccc32)c1. The first-order valence-electron chi connectivity index (χ1n) is 11.2. The Morgan fingerprint density at radius 2 is 1.94 bits per heavy atom. The molecule has 0 unspecified atom stereocenters. The molecule has 184 valence electrons. The van der Waals surface area contributed by atoms with Gasteiger partial charge in [-0.15, -0.1) is 4.40 Å². The number of carbonyl (C=O) groups excluding carboxylic acids is 1. The Morgan fingerprint density at radius 1 is 1.14 bits per heavy atom. The number of amidine groups is 1. The molecule has 1 aliphatic heterocycles. The lowest BCUT2D eigenvalue weighted by molar-refractivity contribution is 0.0880. The molecule has 1 aliphatic rings. The third-order valence-electron chi connectivity index (χ3n) is 5.69. The number of fused-ring (bicyclic) bond motifs is 2. The molecular formula is C25H24N6O4S. The van der Waals surface area contributed by atoms with Crippen LogP contribution in [0, 0.1) is 0 Å². The molecule has 2 aromatic carbocycles. The first kappa shape index (κ1) is 23.5. The molecule has 0 fully saturated rings. The third kappa shape index (κ3) is 4.65. The predicted octanol–water partition coefficient (Wildman–Crippen LogP) is 2.56. The summed E-state index contributed by atoms with van der Waals surface area (Å²) in [5, 5.41) is 2.98. The summed E-state index contributed by atoms with van der Waals surface area (Å²) in [5.41, 5.74) is 8.29. The first-order chi connectivity index (χ1) is 17.1. The van der Waals surface area contributed by atoms with Crippen molar-refractivity contribution in [2.75, 3.05) is 6.61 Å². The van der Waals surface area contributed by atoms with Gasteiger partial charge in [0.25, 0.3) is 15.9 Å². The molecule has 4 aromatic rings. The number of rotatable bonds is 6. The summed E-state index contributed by atoms with van der Waals surface area (Å²) < 4.78 is 35.2. The van der Waals surface area contributed by atoms with E-state index in [1.165, 1.54) is 0 Å². The maximum Gasteiger partial charge on any atom is 0.259 e. The van der Waals surface area contributed by atoms with Gasteiger partial charge in [-0.3, -0.25) is 9.36 Å². The van der Waals surface area contributed by atoms with Gasteiger partial charge in [-0.25, -0.2) is 18.4 Å². The van der Waals surface area contributed by atoms with E-state index in [0.29, 0.717) is 28.3 Å². The maximum atomic E-state index is 13.1. The highest BCUT2D eigenvalue weighted by Gasteiger charge is 2.27. The minimum absolute atomic E-state index is 0.106. The highest BCUT2D eigenvalue weighted by molar-refractivity contribution is 7.89. The lowest BCUT2D eigenvalue weighted by Crippen LogP contribution is -2.48. The zero-order valence-electron chi connectivity index (χ0n) is 19.7. The molecule has 0 radical (unpaired) electrons. The summed E-state index contributed by atoms with van der Waals surface area (Å²) >= 11 is 0. The van der Waals surface area contributed by atoms with E-state index in [-0.39, 0.29) is 24.1 Å². The van der Waals surface area contributed by atoms with Crippen molar-refractivity contribution in [3.63, 3.8) is 0 Å². The summed E-state index contributed by atoms with van der Waals surface area (Å²) in [5.74, 6) is 0.343. The molecule has 0 bridgehead atoms. The maximum absolute atomic E-state index is 13.1. The van der Waals surface area contributed by atoms with Gasteiger partial charge in [-0.1, -0.05) is 24.3 Å². The fourth-order valence-corrected chi connectivity index (χ4v) is 5.13. The number of hydrogen-bond donors (Lipinski definition) is 2. The monoisotopic (exact) mass is 504 g/mol. The number of benzene rings is 2. The van der Waals surface area contributed by atoms with E-state index < -0.39 is 15.6 Å². The van der Waals surface area contributed by atoms with Gasteiger partial charge in [0.05, 0.1) is 27.9 Å². The highest BCUT2D eigenvalue weighted by Crippen LogP contribution is 2.28. The highest BCUT2D eigenvalue weighted by atomic mass is 32.2.